The third kappa shape index (κ3) is 4.64. The fraction of sp³-hybridized carbons (Fsp3) is 0.640. The lowest BCUT2D eigenvalue weighted by atomic mass is 9.88. The summed E-state index contributed by atoms with van der Waals surface area (Å²) < 4.78 is 11.9. The molecular weight excluding hydrogens is 422 g/mol. The molecule has 8 heteroatoms. The van der Waals surface area contributed by atoms with Crippen molar-refractivity contribution in [1.29, 1.82) is 0 Å². The van der Waals surface area contributed by atoms with Gasteiger partial charge in [-0.2, -0.15) is 0 Å². The summed E-state index contributed by atoms with van der Waals surface area (Å²) in [6.45, 7) is 5.21. The number of nitrogens with one attached hydrogen (secondary N) is 2. The molecule has 1 unspecified atom stereocenters. The van der Waals surface area contributed by atoms with Crippen molar-refractivity contribution in [2.75, 3.05) is 19.8 Å². The fourth-order valence-electron chi connectivity index (χ4n) is 5.39. The lowest BCUT2D eigenvalue weighted by Crippen LogP contribution is -2.82. The fourth-order valence-corrected chi connectivity index (χ4v) is 5.39. The van der Waals surface area contributed by atoms with Gasteiger partial charge in [0, 0.05) is 30.1 Å². The molecule has 33 heavy (non-hydrogen) atoms. The summed E-state index contributed by atoms with van der Waals surface area (Å²) in [5.41, 5.74) is 1.76. The molecule has 0 bridgehead atoms. The molecule has 8 nitrogen and oxygen atoms in total. The minimum Gasteiger partial charge on any atom is -0.489 e. The van der Waals surface area contributed by atoms with Crippen LogP contribution in [0.15, 0.2) is 18.2 Å². The van der Waals surface area contributed by atoms with Gasteiger partial charge in [0.1, 0.15) is 11.9 Å². The SMILES string of the molecule is CC1(CN[C@@H]2CCCCC[C@H]2Oc2ccc3c(c2)CN(C2CCC(=O)[NH+]=C2O)C3=O)COC1. The van der Waals surface area contributed by atoms with Crippen molar-refractivity contribution in [3.8, 4) is 5.75 Å². The van der Waals surface area contributed by atoms with Crippen LogP contribution in [-0.4, -0.2) is 65.7 Å². The molecule has 1 saturated carbocycles. The molecule has 3 atom stereocenters. The second kappa shape index (κ2) is 9.06. The van der Waals surface area contributed by atoms with E-state index < -0.39 is 6.04 Å². The van der Waals surface area contributed by atoms with Gasteiger partial charge in [-0.25, -0.2) is 4.79 Å². The number of carbonyl (C=O) groups is 2. The Hall–Kier alpha value is -2.45. The molecule has 5 rings (SSSR count). The monoisotopic (exact) mass is 456 g/mol. The molecule has 3 N–H and O–H groups in total. The van der Waals surface area contributed by atoms with Gasteiger partial charge in [-0.1, -0.05) is 19.8 Å². The first-order valence-corrected chi connectivity index (χ1v) is 12.2. The highest BCUT2D eigenvalue weighted by Crippen LogP contribution is 2.32. The van der Waals surface area contributed by atoms with E-state index in [4.69, 9.17) is 9.47 Å². The normalized spacial score (nSPS) is 29.2. The molecule has 1 aliphatic carbocycles. The van der Waals surface area contributed by atoms with E-state index >= 15 is 0 Å². The average molecular weight is 457 g/mol. The van der Waals surface area contributed by atoms with Gasteiger partial charge in [0.05, 0.1) is 19.6 Å². The summed E-state index contributed by atoms with van der Waals surface area (Å²) in [5.74, 6) is 0.315. The van der Waals surface area contributed by atoms with Crippen molar-refractivity contribution in [2.24, 2.45) is 5.41 Å². The maximum absolute atomic E-state index is 13.0. The molecular formula is C25H34N3O5+. The predicted molar refractivity (Wildman–Crippen MR) is 121 cm³/mol. The average Bonchev–Trinajstić information content (AvgIpc) is 2.93. The van der Waals surface area contributed by atoms with Crippen molar-refractivity contribution in [3.05, 3.63) is 29.3 Å². The second-order valence-electron chi connectivity index (χ2n) is 10.3. The smallest absolute Gasteiger partial charge is 0.388 e. The van der Waals surface area contributed by atoms with Crippen LogP contribution in [0.3, 0.4) is 0 Å². The Morgan fingerprint density at radius 3 is 2.79 bits per heavy atom. The molecule has 3 aliphatic heterocycles. The lowest BCUT2D eigenvalue weighted by molar-refractivity contribution is -0.394. The van der Waals surface area contributed by atoms with Crippen LogP contribution in [-0.2, 0) is 16.1 Å². The van der Waals surface area contributed by atoms with E-state index in [-0.39, 0.29) is 29.2 Å². The van der Waals surface area contributed by atoms with Crippen molar-refractivity contribution in [3.63, 3.8) is 0 Å². The molecule has 1 aromatic rings. The zero-order chi connectivity index (χ0) is 23.0. The summed E-state index contributed by atoms with van der Waals surface area (Å²) in [6.07, 6.45) is 6.52. The standard InChI is InChI=1S/C25H33N3O5/c1-25(14-32-15-25)13-26-19-5-3-2-4-6-21(19)33-17-7-8-18-16(11-17)12-28(24(18)31)20-9-10-22(29)27-23(20)30/h7-8,11,19-21,26H,2-6,9-10,12-15H2,1H3,(H,27,29,30)/p+1/t19-,20?,21-/m1/s1. The number of hydrogen-bond donors (Lipinski definition) is 3. The minimum absolute atomic E-state index is 0.0919. The molecule has 2 fully saturated rings. The van der Waals surface area contributed by atoms with Gasteiger partial charge < -0.3 is 24.8 Å². The number of carbonyl (C=O) groups excluding carboxylic acids is 2. The zero-order valence-corrected chi connectivity index (χ0v) is 19.3. The topological polar surface area (TPSA) is 102 Å². The van der Waals surface area contributed by atoms with E-state index in [1.807, 2.05) is 18.2 Å². The molecule has 178 valence electrons. The number of nitrogens with zero attached hydrogens (tertiary/aromatic N) is 1. The third-order valence-electron chi connectivity index (χ3n) is 7.44. The van der Waals surface area contributed by atoms with Crippen molar-refractivity contribution >= 4 is 17.7 Å². The van der Waals surface area contributed by atoms with Crippen LogP contribution in [0.5, 0.6) is 5.75 Å². The molecule has 0 radical (unpaired) electrons. The number of hydrogen-bond acceptors (Lipinski definition) is 5. The third-order valence-corrected chi connectivity index (χ3v) is 7.44. The van der Waals surface area contributed by atoms with Crippen molar-refractivity contribution in [2.45, 2.75) is 76.6 Å². The number of rotatable bonds is 6. The van der Waals surface area contributed by atoms with Gasteiger partial charge in [-0.3, -0.25) is 4.79 Å². The molecule has 0 spiro atoms. The van der Waals surface area contributed by atoms with Crippen LogP contribution >= 0.6 is 0 Å². The number of fused-ring (bicyclic) bond motifs is 1. The van der Waals surface area contributed by atoms with Crippen LogP contribution in [0.2, 0.25) is 0 Å². The van der Waals surface area contributed by atoms with Crippen LogP contribution in [0.1, 0.15) is 67.8 Å². The number of aliphatic hydroxyl groups excluding tert-OH is 1. The van der Waals surface area contributed by atoms with Crippen LogP contribution < -0.4 is 15.0 Å². The molecule has 1 aromatic carbocycles. The Bertz CT molecular complexity index is 957. The summed E-state index contributed by atoms with van der Waals surface area (Å²) in [7, 11) is 0. The maximum Gasteiger partial charge on any atom is 0.388 e. The Labute approximate surface area is 194 Å². The Balaban J connectivity index is 1.28. The Morgan fingerprint density at radius 1 is 1.21 bits per heavy atom. The summed E-state index contributed by atoms with van der Waals surface area (Å²) in [6, 6.07) is 5.50. The van der Waals surface area contributed by atoms with Gasteiger partial charge in [-0.15, -0.1) is 4.99 Å². The van der Waals surface area contributed by atoms with E-state index in [1.165, 1.54) is 12.8 Å². The first-order chi connectivity index (χ1) is 15.9. The van der Waals surface area contributed by atoms with Gasteiger partial charge in [-0.05, 0) is 49.4 Å². The molecule has 3 heterocycles. The quantitative estimate of drug-likeness (QED) is 0.554. The Kier molecular flexibility index (Phi) is 6.14. The van der Waals surface area contributed by atoms with Crippen LogP contribution in [0.4, 0.5) is 0 Å². The van der Waals surface area contributed by atoms with Crippen LogP contribution in [0.25, 0.3) is 0 Å². The van der Waals surface area contributed by atoms with Crippen LogP contribution in [0, 0.1) is 5.41 Å². The molecule has 0 aromatic heterocycles. The summed E-state index contributed by atoms with van der Waals surface area (Å²) in [4.78, 5) is 28.6. The first kappa shape index (κ1) is 22.3. The van der Waals surface area contributed by atoms with Gasteiger partial charge >= 0.3 is 11.8 Å². The number of amides is 2. The van der Waals surface area contributed by atoms with Crippen molar-refractivity contribution < 1.29 is 29.2 Å². The highest BCUT2D eigenvalue weighted by atomic mass is 16.5. The van der Waals surface area contributed by atoms with Gasteiger partial charge in [0.2, 0.25) is 0 Å². The number of benzene rings is 1. The van der Waals surface area contributed by atoms with E-state index in [0.717, 1.165) is 50.3 Å². The van der Waals surface area contributed by atoms with E-state index in [1.54, 1.807) is 4.90 Å². The molecule has 2 amide bonds. The largest absolute Gasteiger partial charge is 0.489 e. The summed E-state index contributed by atoms with van der Waals surface area (Å²) >= 11 is 0. The predicted octanol–water partition coefficient (Wildman–Crippen LogP) is 1.07. The van der Waals surface area contributed by atoms with E-state index in [9.17, 15) is 14.7 Å². The first-order valence-electron chi connectivity index (χ1n) is 12.2. The second-order valence-corrected chi connectivity index (χ2v) is 10.3. The number of ether oxygens (including phenoxy) is 2. The maximum atomic E-state index is 13.0. The van der Waals surface area contributed by atoms with Gasteiger partial charge in [0.25, 0.3) is 5.91 Å². The van der Waals surface area contributed by atoms with Gasteiger partial charge in [0.15, 0.2) is 6.04 Å². The highest BCUT2D eigenvalue weighted by molar-refractivity contribution is 6.01. The highest BCUT2D eigenvalue weighted by Gasteiger charge is 2.41. The molecule has 1 saturated heterocycles. The minimum atomic E-state index is -0.487. The van der Waals surface area contributed by atoms with Crippen molar-refractivity contribution in [1.82, 2.24) is 10.2 Å². The summed E-state index contributed by atoms with van der Waals surface area (Å²) in [5, 5.41) is 14.0. The molecule has 4 aliphatic rings. The zero-order valence-electron chi connectivity index (χ0n) is 19.3. The number of aliphatic hydroxyl groups is 1. The Morgan fingerprint density at radius 2 is 2.03 bits per heavy atom. The van der Waals surface area contributed by atoms with E-state index in [0.29, 0.717) is 31.0 Å². The van der Waals surface area contributed by atoms with E-state index in [2.05, 4.69) is 17.2 Å². The lowest BCUT2D eigenvalue weighted by Gasteiger charge is -2.40.